The highest BCUT2D eigenvalue weighted by molar-refractivity contribution is 7.89. The van der Waals surface area contributed by atoms with E-state index in [1.807, 2.05) is 0 Å². The van der Waals surface area contributed by atoms with Crippen molar-refractivity contribution in [3.63, 3.8) is 0 Å². The van der Waals surface area contributed by atoms with E-state index in [9.17, 15) is 26.8 Å². The number of hydrogen-bond acceptors (Lipinski definition) is 6. The molecule has 2 rings (SSSR count). The second-order valence-electron chi connectivity index (χ2n) is 7.62. The number of benzene rings is 2. The summed E-state index contributed by atoms with van der Waals surface area (Å²) in [6.45, 7) is 4.31. The van der Waals surface area contributed by atoms with Crippen LogP contribution in [-0.2, 0) is 14.8 Å². The summed E-state index contributed by atoms with van der Waals surface area (Å²) in [5.41, 5.74) is 4.59. The number of hydrogen-bond donors (Lipinski definition) is 3. The van der Waals surface area contributed by atoms with Gasteiger partial charge in [0, 0.05) is 18.5 Å². The fourth-order valence-corrected chi connectivity index (χ4v) is 3.66. The number of carbonyl (C=O) groups is 2. The van der Waals surface area contributed by atoms with Crippen LogP contribution in [0.1, 0.15) is 37.0 Å². The topological polar surface area (TPSA) is 123 Å². The van der Waals surface area contributed by atoms with E-state index in [0.717, 1.165) is 12.5 Å². The molecule has 0 heterocycles. The Balaban J connectivity index is 1.84. The average molecular weight is 500 g/mol. The fourth-order valence-electron chi connectivity index (χ4n) is 2.62. The highest BCUT2D eigenvalue weighted by Crippen LogP contribution is 2.28. The van der Waals surface area contributed by atoms with Gasteiger partial charge in [0.25, 0.3) is 5.91 Å². The van der Waals surface area contributed by atoms with Crippen LogP contribution in [0.15, 0.2) is 41.3 Å². The minimum absolute atomic E-state index is 0.201. The van der Waals surface area contributed by atoms with Gasteiger partial charge >= 0.3 is 0 Å². The lowest BCUT2D eigenvalue weighted by Crippen LogP contribution is -2.42. The molecule has 12 heteroatoms. The number of ether oxygens (including phenoxy) is 2. The quantitative estimate of drug-likeness (QED) is 0.409. The summed E-state index contributed by atoms with van der Waals surface area (Å²) < 4.78 is 63.4. The van der Waals surface area contributed by atoms with Crippen molar-refractivity contribution in [2.45, 2.75) is 31.6 Å². The van der Waals surface area contributed by atoms with Crippen molar-refractivity contribution >= 4 is 21.8 Å². The zero-order valence-electron chi connectivity index (χ0n) is 19.0. The molecule has 3 N–H and O–H groups in total. The van der Waals surface area contributed by atoms with E-state index in [1.54, 1.807) is 6.07 Å². The van der Waals surface area contributed by atoms with Crippen LogP contribution in [-0.4, -0.2) is 40.5 Å². The first-order valence-corrected chi connectivity index (χ1v) is 11.9. The minimum atomic E-state index is -4.14. The number of halogens is 2. The summed E-state index contributed by atoms with van der Waals surface area (Å²) in [6, 6.07) is 6.67. The molecule has 0 aliphatic heterocycles. The molecule has 0 saturated heterocycles. The van der Waals surface area contributed by atoms with Crippen molar-refractivity contribution in [3.05, 3.63) is 53.6 Å². The maximum atomic E-state index is 13.2. The number of methoxy groups -OCH3 is 1. The number of amides is 2. The lowest BCUT2D eigenvalue weighted by Gasteiger charge is -2.13. The molecule has 0 radical (unpaired) electrons. The lowest BCUT2D eigenvalue weighted by molar-refractivity contribution is -0.121. The predicted octanol–water partition coefficient (Wildman–Crippen LogP) is 2.53. The van der Waals surface area contributed by atoms with E-state index in [4.69, 9.17) is 9.47 Å². The molecule has 9 nitrogen and oxygen atoms in total. The number of nitrogens with one attached hydrogen (secondary N) is 3. The van der Waals surface area contributed by atoms with Gasteiger partial charge in [-0.25, -0.2) is 21.9 Å². The molecular formula is C22H27F2N3O6S. The van der Waals surface area contributed by atoms with Crippen molar-refractivity contribution in [1.29, 1.82) is 0 Å². The highest BCUT2D eigenvalue weighted by Gasteiger charge is 2.17. The Hall–Kier alpha value is -3.25. The fraction of sp³-hybridized carbons (Fsp3) is 0.364. The molecule has 186 valence electrons. The first kappa shape index (κ1) is 27.0. The maximum Gasteiger partial charge on any atom is 0.269 e. The molecule has 0 saturated carbocycles. The summed E-state index contributed by atoms with van der Waals surface area (Å²) in [7, 11) is -2.70. The smallest absolute Gasteiger partial charge is 0.269 e. The van der Waals surface area contributed by atoms with Gasteiger partial charge in [0.2, 0.25) is 15.9 Å². The first-order valence-electron chi connectivity index (χ1n) is 10.4. The second kappa shape index (κ2) is 12.3. The summed E-state index contributed by atoms with van der Waals surface area (Å²) in [4.78, 5) is 23.8. The van der Waals surface area contributed by atoms with E-state index in [2.05, 4.69) is 29.4 Å². The minimum Gasteiger partial charge on any atom is -0.493 e. The van der Waals surface area contributed by atoms with E-state index in [1.165, 1.54) is 19.2 Å². The van der Waals surface area contributed by atoms with Crippen LogP contribution in [0, 0.1) is 17.6 Å². The van der Waals surface area contributed by atoms with Gasteiger partial charge in [0.15, 0.2) is 23.1 Å². The van der Waals surface area contributed by atoms with Crippen molar-refractivity contribution < 1.29 is 36.3 Å². The Morgan fingerprint density at radius 2 is 1.74 bits per heavy atom. The average Bonchev–Trinajstić information content (AvgIpc) is 2.79. The molecule has 0 aromatic heterocycles. The summed E-state index contributed by atoms with van der Waals surface area (Å²) in [6.07, 6.45) is 0.531. The SMILES string of the molecule is COc1cc(C(=O)NNC(=O)CCNS(=O)(=O)c2ccc(F)c(F)c2)ccc1OCCC(C)C. The molecule has 0 aliphatic carbocycles. The monoisotopic (exact) mass is 499 g/mol. The Morgan fingerprint density at radius 3 is 2.38 bits per heavy atom. The Kier molecular flexibility index (Phi) is 9.75. The summed E-state index contributed by atoms with van der Waals surface area (Å²) in [5, 5.41) is 0. The van der Waals surface area contributed by atoms with Gasteiger partial charge in [0.1, 0.15) is 0 Å². The van der Waals surface area contributed by atoms with Crippen molar-refractivity contribution in [1.82, 2.24) is 15.6 Å². The van der Waals surface area contributed by atoms with Gasteiger partial charge in [-0.3, -0.25) is 20.4 Å². The third-order valence-corrected chi connectivity index (χ3v) is 6.00. The van der Waals surface area contributed by atoms with Gasteiger partial charge in [-0.15, -0.1) is 0 Å². The Morgan fingerprint density at radius 1 is 1.00 bits per heavy atom. The van der Waals surface area contributed by atoms with E-state index < -0.39 is 38.4 Å². The Labute approximate surface area is 196 Å². The van der Waals surface area contributed by atoms with Crippen LogP contribution in [0.25, 0.3) is 0 Å². The zero-order valence-corrected chi connectivity index (χ0v) is 19.8. The van der Waals surface area contributed by atoms with Gasteiger partial charge < -0.3 is 9.47 Å². The maximum absolute atomic E-state index is 13.2. The van der Waals surface area contributed by atoms with Gasteiger partial charge in [-0.05, 0) is 48.7 Å². The van der Waals surface area contributed by atoms with E-state index in [-0.39, 0.29) is 18.5 Å². The van der Waals surface area contributed by atoms with E-state index >= 15 is 0 Å². The molecule has 0 spiro atoms. The van der Waals surface area contributed by atoms with Crippen LogP contribution in [0.5, 0.6) is 11.5 Å². The normalized spacial score (nSPS) is 11.2. The second-order valence-corrected chi connectivity index (χ2v) is 9.39. The summed E-state index contributed by atoms with van der Waals surface area (Å²) in [5.74, 6) is -2.48. The molecule has 0 fully saturated rings. The van der Waals surface area contributed by atoms with Crippen LogP contribution >= 0.6 is 0 Å². The van der Waals surface area contributed by atoms with Crippen molar-refractivity contribution in [3.8, 4) is 11.5 Å². The van der Waals surface area contributed by atoms with Gasteiger partial charge in [0.05, 0.1) is 18.6 Å². The van der Waals surface area contributed by atoms with Crippen molar-refractivity contribution in [2.24, 2.45) is 5.92 Å². The Bertz CT molecular complexity index is 1130. The summed E-state index contributed by atoms with van der Waals surface area (Å²) >= 11 is 0. The number of hydrazine groups is 1. The standard InChI is InChI=1S/C22H27F2N3O6S/c1-14(2)9-11-33-19-7-4-15(12-20(19)32-3)22(29)27-26-21(28)8-10-25-34(30,31)16-5-6-17(23)18(24)13-16/h4-7,12-14,25H,8-11H2,1-3H3,(H,26,28)(H,27,29). The highest BCUT2D eigenvalue weighted by atomic mass is 32.2. The van der Waals surface area contributed by atoms with Crippen LogP contribution in [0.4, 0.5) is 8.78 Å². The molecule has 2 aromatic carbocycles. The molecule has 0 aliphatic rings. The molecule has 0 atom stereocenters. The largest absolute Gasteiger partial charge is 0.493 e. The van der Waals surface area contributed by atoms with E-state index in [0.29, 0.717) is 36.2 Å². The molecule has 0 bridgehead atoms. The molecule has 0 unspecified atom stereocenters. The van der Waals surface area contributed by atoms with Crippen LogP contribution in [0.2, 0.25) is 0 Å². The zero-order chi connectivity index (χ0) is 25.3. The molecule has 2 amide bonds. The molecular weight excluding hydrogens is 472 g/mol. The van der Waals surface area contributed by atoms with Gasteiger partial charge in [-0.2, -0.15) is 0 Å². The van der Waals surface area contributed by atoms with Crippen LogP contribution < -0.4 is 25.0 Å². The predicted molar refractivity (Wildman–Crippen MR) is 120 cm³/mol. The number of carbonyl (C=O) groups excluding carboxylic acids is 2. The lowest BCUT2D eigenvalue weighted by atomic mass is 10.1. The van der Waals surface area contributed by atoms with Crippen molar-refractivity contribution in [2.75, 3.05) is 20.3 Å². The van der Waals surface area contributed by atoms with Gasteiger partial charge in [-0.1, -0.05) is 13.8 Å². The third-order valence-electron chi connectivity index (χ3n) is 4.54. The third kappa shape index (κ3) is 7.96. The molecule has 2 aromatic rings. The number of sulfonamides is 1. The van der Waals surface area contributed by atoms with Crippen LogP contribution in [0.3, 0.4) is 0 Å². The first-order chi connectivity index (χ1) is 16.0. The number of rotatable bonds is 11. The molecule has 34 heavy (non-hydrogen) atoms.